The third kappa shape index (κ3) is 3.94. The molecule has 0 unspecified atom stereocenters. The van der Waals surface area contributed by atoms with Crippen LogP contribution in [0.3, 0.4) is 0 Å². The lowest BCUT2D eigenvalue weighted by Gasteiger charge is -2.34. The van der Waals surface area contributed by atoms with Gasteiger partial charge in [-0.1, -0.05) is 25.1 Å². The van der Waals surface area contributed by atoms with E-state index in [1.54, 1.807) is 18.3 Å². The fourth-order valence-corrected chi connectivity index (χ4v) is 3.83. The van der Waals surface area contributed by atoms with Gasteiger partial charge in [-0.05, 0) is 42.9 Å². The lowest BCUT2D eigenvalue weighted by Crippen LogP contribution is -2.46. The summed E-state index contributed by atoms with van der Waals surface area (Å²) in [6.07, 6.45) is 1.77. The third-order valence-electron chi connectivity index (χ3n) is 5.63. The smallest absolute Gasteiger partial charge is 0.229 e. The lowest BCUT2D eigenvalue weighted by molar-refractivity contribution is 0.270. The van der Waals surface area contributed by atoms with E-state index in [0.29, 0.717) is 11.8 Å². The topological polar surface area (TPSA) is 62.1 Å². The molecule has 1 N–H and O–H groups in total. The normalized spacial score (nSPS) is 14.8. The first-order valence-electron chi connectivity index (χ1n) is 10.5. The summed E-state index contributed by atoms with van der Waals surface area (Å²) in [6.45, 7) is 6.93. The molecule has 8 heteroatoms. The molecule has 0 aliphatic carbocycles. The minimum Gasteiger partial charge on any atom is -0.339 e. The Hall–Kier alpha value is -3.52. The Morgan fingerprint density at radius 3 is 2.39 bits per heavy atom. The van der Waals surface area contributed by atoms with Gasteiger partial charge in [-0.3, -0.25) is 0 Å². The van der Waals surface area contributed by atoms with Crippen molar-refractivity contribution in [1.82, 2.24) is 24.6 Å². The molecule has 2 aromatic carbocycles. The quantitative estimate of drug-likeness (QED) is 0.532. The summed E-state index contributed by atoms with van der Waals surface area (Å²) in [5.41, 5.74) is 2.43. The van der Waals surface area contributed by atoms with Crippen LogP contribution in [0.25, 0.3) is 16.7 Å². The van der Waals surface area contributed by atoms with Crippen molar-refractivity contribution in [3.8, 4) is 5.69 Å². The van der Waals surface area contributed by atoms with Crippen LogP contribution in [0.15, 0.2) is 60.8 Å². The van der Waals surface area contributed by atoms with Gasteiger partial charge in [0.05, 0.1) is 17.3 Å². The summed E-state index contributed by atoms with van der Waals surface area (Å²) in [4.78, 5) is 14.4. The van der Waals surface area contributed by atoms with Crippen molar-refractivity contribution >= 4 is 28.5 Å². The van der Waals surface area contributed by atoms with Gasteiger partial charge >= 0.3 is 0 Å². The molecule has 31 heavy (non-hydrogen) atoms. The van der Waals surface area contributed by atoms with E-state index < -0.39 is 0 Å². The Labute approximate surface area is 180 Å². The van der Waals surface area contributed by atoms with Crippen LogP contribution in [0.1, 0.15) is 6.92 Å². The van der Waals surface area contributed by atoms with Crippen LogP contribution >= 0.6 is 0 Å². The number of nitrogens with one attached hydrogen (secondary N) is 1. The molecule has 0 spiro atoms. The molecule has 1 saturated heterocycles. The number of nitrogens with zero attached hydrogens (tertiary/aromatic N) is 6. The second-order valence-corrected chi connectivity index (χ2v) is 7.55. The summed E-state index contributed by atoms with van der Waals surface area (Å²) in [5.74, 6) is 1.06. The lowest BCUT2D eigenvalue weighted by atomic mass is 10.3. The fourth-order valence-electron chi connectivity index (χ4n) is 3.83. The summed E-state index contributed by atoms with van der Waals surface area (Å²) in [6, 6.07) is 16.2. The second kappa shape index (κ2) is 8.31. The Kier molecular flexibility index (Phi) is 5.21. The minimum atomic E-state index is -0.273. The van der Waals surface area contributed by atoms with Gasteiger partial charge in [-0.25, -0.2) is 9.07 Å². The molecular formula is C23H24FN7. The SMILES string of the molecule is CCN1CCN(c2nc(Nc3ccc(F)cc3)c3cnn(-c4ccccc4)c3n2)CC1. The van der Waals surface area contributed by atoms with E-state index in [2.05, 4.69) is 27.1 Å². The first-order chi connectivity index (χ1) is 15.2. The number of aromatic nitrogens is 4. The third-order valence-corrected chi connectivity index (χ3v) is 5.63. The van der Waals surface area contributed by atoms with Crippen LogP contribution in [0.5, 0.6) is 0 Å². The Morgan fingerprint density at radius 2 is 1.68 bits per heavy atom. The first kappa shape index (κ1) is 19.4. The van der Waals surface area contributed by atoms with Crippen LogP contribution in [0, 0.1) is 5.82 Å². The molecule has 0 atom stereocenters. The van der Waals surface area contributed by atoms with Crippen molar-refractivity contribution in [3.63, 3.8) is 0 Å². The van der Waals surface area contributed by atoms with Gasteiger partial charge in [0.25, 0.3) is 0 Å². The van der Waals surface area contributed by atoms with E-state index in [0.717, 1.165) is 55.1 Å². The number of hydrogen-bond acceptors (Lipinski definition) is 6. The maximum Gasteiger partial charge on any atom is 0.229 e. The number of anilines is 3. The zero-order valence-electron chi connectivity index (χ0n) is 17.4. The Morgan fingerprint density at radius 1 is 0.935 bits per heavy atom. The number of hydrogen-bond donors (Lipinski definition) is 1. The van der Waals surface area contributed by atoms with E-state index in [1.165, 1.54) is 12.1 Å². The fraction of sp³-hybridized carbons (Fsp3) is 0.261. The first-order valence-corrected chi connectivity index (χ1v) is 10.5. The number of halogens is 1. The Bertz CT molecular complexity index is 1170. The second-order valence-electron chi connectivity index (χ2n) is 7.55. The highest BCUT2D eigenvalue weighted by molar-refractivity contribution is 5.90. The largest absolute Gasteiger partial charge is 0.339 e. The van der Waals surface area contributed by atoms with Crippen LogP contribution < -0.4 is 10.2 Å². The van der Waals surface area contributed by atoms with Gasteiger partial charge in [-0.2, -0.15) is 15.1 Å². The van der Waals surface area contributed by atoms with Crippen molar-refractivity contribution < 1.29 is 4.39 Å². The number of rotatable bonds is 5. The molecule has 2 aromatic heterocycles. The number of likely N-dealkylation sites (N-methyl/N-ethyl adjacent to an activating group) is 1. The number of benzene rings is 2. The van der Waals surface area contributed by atoms with Gasteiger partial charge in [-0.15, -0.1) is 0 Å². The van der Waals surface area contributed by atoms with E-state index in [4.69, 9.17) is 9.97 Å². The standard InChI is InChI=1S/C23H24FN7/c1-2-29-12-14-30(15-13-29)23-27-21(26-18-10-8-17(24)9-11-18)20-16-25-31(22(20)28-23)19-6-4-3-5-7-19/h3-11,16H,2,12-15H2,1H3,(H,26,27,28). The Balaban J connectivity index is 1.58. The molecule has 0 bridgehead atoms. The molecule has 5 rings (SSSR count). The molecule has 3 heterocycles. The van der Waals surface area contributed by atoms with E-state index in [1.807, 2.05) is 35.0 Å². The van der Waals surface area contributed by atoms with Gasteiger partial charge < -0.3 is 15.1 Å². The molecule has 158 valence electrons. The van der Waals surface area contributed by atoms with Crippen molar-refractivity contribution in [1.29, 1.82) is 0 Å². The van der Waals surface area contributed by atoms with Crippen molar-refractivity contribution in [2.45, 2.75) is 6.92 Å². The number of fused-ring (bicyclic) bond motifs is 1. The molecule has 7 nitrogen and oxygen atoms in total. The molecule has 0 amide bonds. The summed E-state index contributed by atoms with van der Waals surface area (Å²) >= 11 is 0. The predicted octanol–water partition coefficient (Wildman–Crippen LogP) is 3.84. The molecule has 0 radical (unpaired) electrons. The number of piperazine rings is 1. The van der Waals surface area contributed by atoms with Crippen LogP contribution in [0.4, 0.5) is 21.8 Å². The van der Waals surface area contributed by atoms with Crippen molar-refractivity contribution in [3.05, 3.63) is 66.6 Å². The van der Waals surface area contributed by atoms with Gasteiger partial charge in [0, 0.05) is 31.9 Å². The molecule has 1 aliphatic rings. The van der Waals surface area contributed by atoms with Crippen molar-refractivity contribution in [2.24, 2.45) is 0 Å². The maximum atomic E-state index is 13.4. The molecule has 0 saturated carbocycles. The molecule has 1 fully saturated rings. The monoisotopic (exact) mass is 417 g/mol. The zero-order chi connectivity index (χ0) is 21.2. The predicted molar refractivity (Wildman–Crippen MR) is 121 cm³/mol. The summed E-state index contributed by atoms with van der Waals surface area (Å²) in [7, 11) is 0. The van der Waals surface area contributed by atoms with E-state index in [-0.39, 0.29) is 5.82 Å². The molecule has 1 aliphatic heterocycles. The highest BCUT2D eigenvalue weighted by Gasteiger charge is 2.21. The van der Waals surface area contributed by atoms with Crippen molar-refractivity contribution in [2.75, 3.05) is 42.9 Å². The average Bonchev–Trinajstić information content (AvgIpc) is 3.25. The van der Waals surface area contributed by atoms with Crippen LogP contribution in [-0.4, -0.2) is 57.4 Å². The van der Waals surface area contributed by atoms with Gasteiger partial charge in [0.1, 0.15) is 11.6 Å². The van der Waals surface area contributed by atoms with E-state index in [9.17, 15) is 4.39 Å². The van der Waals surface area contributed by atoms with Crippen LogP contribution in [0.2, 0.25) is 0 Å². The molecule has 4 aromatic rings. The van der Waals surface area contributed by atoms with Crippen LogP contribution in [-0.2, 0) is 0 Å². The number of para-hydroxylation sites is 1. The zero-order valence-corrected chi connectivity index (χ0v) is 17.4. The maximum absolute atomic E-state index is 13.4. The average molecular weight is 417 g/mol. The van der Waals surface area contributed by atoms with Gasteiger partial charge in [0.15, 0.2) is 5.65 Å². The highest BCUT2D eigenvalue weighted by atomic mass is 19.1. The van der Waals surface area contributed by atoms with E-state index >= 15 is 0 Å². The summed E-state index contributed by atoms with van der Waals surface area (Å²) < 4.78 is 15.2. The molecular weight excluding hydrogens is 393 g/mol. The minimum absolute atomic E-state index is 0.273. The summed E-state index contributed by atoms with van der Waals surface area (Å²) in [5, 5.41) is 8.72. The van der Waals surface area contributed by atoms with Gasteiger partial charge in [0.2, 0.25) is 5.95 Å². The highest BCUT2D eigenvalue weighted by Crippen LogP contribution is 2.28.